The number of imide groups is 1. The molecule has 1 heterocycles. The van der Waals surface area contributed by atoms with Crippen LogP contribution in [0.1, 0.15) is 26.5 Å². The molecule has 0 fully saturated rings. The summed E-state index contributed by atoms with van der Waals surface area (Å²) in [5.41, 5.74) is -0.482. The molecular formula is C21H14F3NO5. The fourth-order valence-electron chi connectivity index (χ4n) is 2.48. The lowest BCUT2D eigenvalue weighted by molar-refractivity contribution is -0.137. The highest BCUT2D eigenvalue weighted by Crippen LogP contribution is 2.32. The molecule has 0 atom stereocenters. The van der Waals surface area contributed by atoms with Crippen LogP contribution in [0.2, 0.25) is 0 Å². The van der Waals surface area contributed by atoms with Gasteiger partial charge in [0.1, 0.15) is 5.76 Å². The molecule has 9 heteroatoms. The molecule has 0 bridgehead atoms. The maximum atomic E-state index is 12.8. The third-order valence-corrected chi connectivity index (χ3v) is 3.90. The van der Waals surface area contributed by atoms with E-state index < -0.39 is 36.1 Å². The summed E-state index contributed by atoms with van der Waals surface area (Å²) in [6.45, 7) is -0.739. The Kier molecular flexibility index (Phi) is 6.01. The van der Waals surface area contributed by atoms with E-state index >= 15 is 0 Å². The van der Waals surface area contributed by atoms with Crippen LogP contribution in [0, 0.1) is 0 Å². The van der Waals surface area contributed by atoms with Gasteiger partial charge in [-0.1, -0.05) is 30.3 Å². The van der Waals surface area contributed by atoms with E-state index in [1.807, 2.05) is 0 Å². The van der Waals surface area contributed by atoms with E-state index in [-0.39, 0.29) is 22.6 Å². The van der Waals surface area contributed by atoms with Gasteiger partial charge in [-0.25, -0.2) is 4.79 Å². The largest absolute Gasteiger partial charge is 0.450 e. The van der Waals surface area contributed by atoms with Crippen molar-refractivity contribution >= 4 is 17.8 Å². The van der Waals surface area contributed by atoms with Gasteiger partial charge in [0.2, 0.25) is 5.76 Å². The number of halogens is 3. The predicted molar refractivity (Wildman–Crippen MR) is 98.3 cm³/mol. The molecule has 154 valence electrons. The Morgan fingerprint density at radius 2 is 1.67 bits per heavy atom. The Bertz CT molecular complexity index is 1070. The first-order valence-electron chi connectivity index (χ1n) is 8.58. The molecule has 0 radical (unpaired) electrons. The summed E-state index contributed by atoms with van der Waals surface area (Å²) in [4.78, 5) is 35.6. The Balaban J connectivity index is 1.59. The molecule has 30 heavy (non-hydrogen) atoms. The fraction of sp³-hybridized carbons (Fsp3) is 0.0952. The lowest BCUT2D eigenvalue weighted by Gasteiger charge is -2.07. The summed E-state index contributed by atoms with van der Waals surface area (Å²) in [5.74, 6) is -2.78. The van der Waals surface area contributed by atoms with E-state index in [1.165, 1.54) is 36.4 Å². The number of amides is 2. The number of ether oxygens (including phenoxy) is 1. The van der Waals surface area contributed by atoms with Gasteiger partial charge in [-0.2, -0.15) is 13.2 Å². The summed E-state index contributed by atoms with van der Waals surface area (Å²) in [6, 6.07) is 14.9. The van der Waals surface area contributed by atoms with Crippen molar-refractivity contribution in [3.8, 4) is 11.3 Å². The zero-order chi connectivity index (χ0) is 21.7. The molecule has 0 saturated heterocycles. The summed E-state index contributed by atoms with van der Waals surface area (Å²) < 4.78 is 48.5. The number of furan rings is 1. The maximum Gasteiger partial charge on any atom is 0.416 e. The number of alkyl halides is 3. The molecule has 0 unspecified atom stereocenters. The Labute approximate surface area is 168 Å². The number of carbonyl (C=O) groups is 3. The average molecular weight is 417 g/mol. The summed E-state index contributed by atoms with van der Waals surface area (Å²) >= 11 is 0. The topological polar surface area (TPSA) is 85.6 Å². The number of hydrogen-bond acceptors (Lipinski definition) is 5. The van der Waals surface area contributed by atoms with Crippen LogP contribution < -0.4 is 5.32 Å². The summed E-state index contributed by atoms with van der Waals surface area (Å²) in [7, 11) is 0. The highest BCUT2D eigenvalue weighted by molar-refractivity contribution is 6.05. The molecule has 3 aromatic rings. The second-order valence-electron chi connectivity index (χ2n) is 6.06. The number of nitrogens with one attached hydrogen (secondary N) is 1. The maximum absolute atomic E-state index is 12.8. The highest BCUT2D eigenvalue weighted by Gasteiger charge is 2.30. The van der Waals surface area contributed by atoms with Crippen LogP contribution in [0.4, 0.5) is 13.2 Å². The number of rotatable bonds is 5. The van der Waals surface area contributed by atoms with E-state index in [0.29, 0.717) is 0 Å². The second kappa shape index (κ2) is 8.64. The van der Waals surface area contributed by atoms with Gasteiger partial charge in [-0.15, -0.1) is 0 Å². The van der Waals surface area contributed by atoms with Crippen LogP contribution in [0.3, 0.4) is 0 Å². The molecule has 0 aliphatic carbocycles. The van der Waals surface area contributed by atoms with Crippen molar-refractivity contribution in [2.24, 2.45) is 0 Å². The van der Waals surface area contributed by atoms with E-state index in [4.69, 9.17) is 9.15 Å². The van der Waals surface area contributed by atoms with Crippen LogP contribution in [0.15, 0.2) is 71.1 Å². The van der Waals surface area contributed by atoms with Crippen LogP contribution in [-0.4, -0.2) is 24.4 Å². The lowest BCUT2D eigenvalue weighted by Crippen LogP contribution is -2.34. The van der Waals surface area contributed by atoms with Crippen molar-refractivity contribution in [1.29, 1.82) is 0 Å². The molecule has 2 amide bonds. The van der Waals surface area contributed by atoms with Gasteiger partial charge in [0.25, 0.3) is 11.8 Å². The lowest BCUT2D eigenvalue weighted by atomic mass is 10.1. The van der Waals surface area contributed by atoms with E-state index in [9.17, 15) is 27.6 Å². The molecule has 1 N–H and O–H groups in total. The van der Waals surface area contributed by atoms with Gasteiger partial charge >= 0.3 is 12.1 Å². The van der Waals surface area contributed by atoms with Crippen LogP contribution in [-0.2, 0) is 15.7 Å². The Morgan fingerprint density at radius 3 is 2.37 bits per heavy atom. The van der Waals surface area contributed by atoms with Crippen molar-refractivity contribution in [3.63, 3.8) is 0 Å². The van der Waals surface area contributed by atoms with E-state index in [1.54, 1.807) is 18.2 Å². The molecule has 1 aromatic heterocycles. The number of benzene rings is 2. The van der Waals surface area contributed by atoms with Crippen molar-refractivity contribution in [2.75, 3.05) is 6.61 Å². The Hall–Kier alpha value is -3.88. The van der Waals surface area contributed by atoms with Crippen LogP contribution in [0.25, 0.3) is 11.3 Å². The number of hydrogen-bond donors (Lipinski definition) is 1. The minimum atomic E-state index is -4.52. The zero-order valence-corrected chi connectivity index (χ0v) is 15.2. The van der Waals surface area contributed by atoms with Crippen molar-refractivity contribution < 1.29 is 36.7 Å². The van der Waals surface area contributed by atoms with Gasteiger partial charge in [0.15, 0.2) is 6.61 Å². The summed E-state index contributed by atoms with van der Waals surface area (Å²) in [5, 5.41) is 2.06. The van der Waals surface area contributed by atoms with Crippen LogP contribution in [0.5, 0.6) is 0 Å². The minimum absolute atomic E-state index is 0.0248. The fourth-order valence-corrected chi connectivity index (χ4v) is 2.48. The standard InChI is InChI=1S/C21H14F3NO5/c22-21(23,24)15-8-4-7-14(11-15)16-9-10-17(30-16)20(28)29-12-18(26)25-19(27)13-5-2-1-3-6-13/h1-11H,12H2,(H,25,26,27). The van der Waals surface area contributed by atoms with Gasteiger partial charge in [-0.05, 0) is 36.4 Å². The van der Waals surface area contributed by atoms with E-state index in [2.05, 4.69) is 5.32 Å². The first-order valence-corrected chi connectivity index (χ1v) is 8.58. The molecule has 3 rings (SSSR count). The van der Waals surface area contributed by atoms with Gasteiger partial charge in [0.05, 0.1) is 5.56 Å². The van der Waals surface area contributed by atoms with Crippen LogP contribution >= 0.6 is 0 Å². The summed E-state index contributed by atoms with van der Waals surface area (Å²) in [6.07, 6.45) is -4.52. The van der Waals surface area contributed by atoms with Crippen molar-refractivity contribution in [2.45, 2.75) is 6.18 Å². The molecule has 0 saturated carbocycles. The first-order chi connectivity index (χ1) is 14.2. The third-order valence-electron chi connectivity index (χ3n) is 3.90. The third kappa shape index (κ3) is 5.13. The van der Waals surface area contributed by atoms with Crippen molar-refractivity contribution in [1.82, 2.24) is 5.32 Å². The van der Waals surface area contributed by atoms with Gasteiger partial charge < -0.3 is 9.15 Å². The molecule has 0 aliphatic rings. The second-order valence-corrected chi connectivity index (χ2v) is 6.06. The molecule has 0 spiro atoms. The Morgan fingerprint density at radius 1 is 0.933 bits per heavy atom. The number of carbonyl (C=O) groups excluding carboxylic acids is 3. The monoisotopic (exact) mass is 417 g/mol. The molecule has 6 nitrogen and oxygen atoms in total. The molecular weight excluding hydrogens is 403 g/mol. The quantitative estimate of drug-likeness (QED) is 0.633. The highest BCUT2D eigenvalue weighted by atomic mass is 19.4. The molecule has 2 aromatic carbocycles. The minimum Gasteiger partial charge on any atom is -0.450 e. The molecule has 0 aliphatic heterocycles. The van der Waals surface area contributed by atoms with Gasteiger partial charge in [-0.3, -0.25) is 14.9 Å². The smallest absolute Gasteiger partial charge is 0.416 e. The van der Waals surface area contributed by atoms with E-state index in [0.717, 1.165) is 12.1 Å². The SMILES string of the molecule is O=C(COC(=O)c1ccc(-c2cccc(C(F)(F)F)c2)o1)NC(=O)c1ccccc1. The zero-order valence-electron chi connectivity index (χ0n) is 15.2. The first kappa shape index (κ1) is 20.8. The van der Waals surface area contributed by atoms with Crippen molar-refractivity contribution in [3.05, 3.63) is 83.6 Å². The predicted octanol–water partition coefficient (Wildman–Crippen LogP) is 4.08. The van der Waals surface area contributed by atoms with Gasteiger partial charge in [0, 0.05) is 11.1 Å². The number of esters is 1. The normalized spacial score (nSPS) is 11.0. The average Bonchev–Trinajstić information content (AvgIpc) is 3.22.